The summed E-state index contributed by atoms with van der Waals surface area (Å²) in [5.74, 6) is 1.08. The van der Waals surface area contributed by atoms with Crippen LogP contribution in [0.4, 0.5) is 5.82 Å². The maximum absolute atomic E-state index is 12.6. The minimum absolute atomic E-state index is 0.0607. The van der Waals surface area contributed by atoms with Crippen molar-refractivity contribution in [2.45, 2.75) is 40.2 Å². The molecule has 28 heavy (non-hydrogen) atoms. The molecule has 146 valence electrons. The normalized spacial score (nSPS) is 10.9. The zero-order chi connectivity index (χ0) is 20.3. The number of aromatic nitrogens is 4. The van der Waals surface area contributed by atoms with Gasteiger partial charge in [-0.2, -0.15) is 9.78 Å². The highest BCUT2D eigenvalue weighted by atomic mass is 16.5. The van der Waals surface area contributed by atoms with Gasteiger partial charge in [-0.3, -0.25) is 14.6 Å². The fourth-order valence-electron chi connectivity index (χ4n) is 2.67. The van der Waals surface area contributed by atoms with E-state index in [1.54, 1.807) is 37.3 Å². The molecule has 3 aromatic rings. The molecule has 8 heteroatoms. The molecule has 0 fully saturated rings. The highest BCUT2D eigenvalue weighted by Gasteiger charge is 2.15. The van der Waals surface area contributed by atoms with E-state index in [4.69, 9.17) is 4.74 Å². The van der Waals surface area contributed by atoms with Crippen molar-refractivity contribution in [3.05, 3.63) is 63.7 Å². The number of nitrogens with one attached hydrogen (secondary N) is 2. The van der Waals surface area contributed by atoms with Gasteiger partial charge < -0.3 is 10.1 Å². The molecular weight excluding hydrogens is 358 g/mol. The van der Waals surface area contributed by atoms with Crippen molar-refractivity contribution in [3.8, 4) is 11.7 Å². The van der Waals surface area contributed by atoms with Gasteiger partial charge in [-0.1, -0.05) is 6.92 Å². The van der Waals surface area contributed by atoms with Crippen molar-refractivity contribution in [1.82, 2.24) is 19.7 Å². The number of rotatable bonds is 6. The summed E-state index contributed by atoms with van der Waals surface area (Å²) in [7, 11) is 0. The Kier molecular flexibility index (Phi) is 5.58. The summed E-state index contributed by atoms with van der Waals surface area (Å²) in [6.45, 7) is 7.59. The number of hydrogen-bond donors (Lipinski definition) is 2. The first-order chi connectivity index (χ1) is 13.4. The van der Waals surface area contributed by atoms with Gasteiger partial charge in [0, 0.05) is 23.4 Å². The molecule has 0 bridgehead atoms. The smallest absolute Gasteiger partial charge is 0.256 e. The predicted molar refractivity (Wildman–Crippen MR) is 106 cm³/mol. The third-order valence-corrected chi connectivity index (χ3v) is 3.91. The van der Waals surface area contributed by atoms with Gasteiger partial charge in [-0.15, -0.1) is 0 Å². The molecule has 0 radical (unpaired) electrons. The highest BCUT2D eigenvalue weighted by Crippen LogP contribution is 2.18. The van der Waals surface area contributed by atoms with Gasteiger partial charge in [0.25, 0.3) is 11.5 Å². The molecule has 0 aliphatic rings. The van der Waals surface area contributed by atoms with Gasteiger partial charge >= 0.3 is 0 Å². The van der Waals surface area contributed by atoms with E-state index in [0.717, 1.165) is 0 Å². The molecular formula is C20H23N5O3. The van der Waals surface area contributed by atoms with Crippen LogP contribution in [-0.4, -0.2) is 31.8 Å². The van der Waals surface area contributed by atoms with E-state index in [1.807, 2.05) is 20.8 Å². The van der Waals surface area contributed by atoms with Crippen LogP contribution in [0.1, 0.15) is 42.5 Å². The van der Waals surface area contributed by atoms with E-state index in [0.29, 0.717) is 34.9 Å². The standard InChI is InChI=1S/C20H23N5O3/c1-5-15-11-18(26)23-20(21-15)25-17(10-13(4)24-25)22-19(27)14-6-8-16(9-7-14)28-12(2)3/h6-12H,5H2,1-4H3,(H,22,27)(H,21,23,26). The second-order valence-corrected chi connectivity index (χ2v) is 6.64. The molecule has 2 N–H and O–H groups in total. The van der Waals surface area contributed by atoms with Crippen LogP contribution in [0.2, 0.25) is 0 Å². The molecule has 0 aliphatic heterocycles. The SMILES string of the molecule is CCc1cc(=O)[nH]c(-n2nc(C)cc2NC(=O)c2ccc(OC(C)C)cc2)n1. The summed E-state index contributed by atoms with van der Waals surface area (Å²) in [5.41, 5.74) is 1.53. The summed E-state index contributed by atoms with van der Waals surface area (Å²) in [6, 6.07) is 10.0. The fourth-order valence-corrected chi connectivity index (χ4v) is 2.67. The summed E-state index contributed by atoms with van der Waals surface area (Å²) in [4.78, 5) is 31.6. The van der Waals surface area contributed by atoms with Gasteiger partial charge in [-0.25, -0.2) is 4.98 Å². The quantitative estimate of drug-likeness (QED) is 0.684. The van der Waals surface area contributed by atoms with Crippen LogP contribution in [0.15, 0.2) is 41.2 Å². The second-order valence-electron chi connectivity index (χ2n) is 6.64. The molecule has 0 unspecified atom stereocenters. The Balaban J connectivity index is 1.86. The minimum atomic E-state index is -0.300. The lowest BCUT2D eigenvalue weighted by atomic mass is 10.2. The number of H-pyrrole nitrogens is 1. The Morgan fingerprint density at radius 3 is 2.61 bits per heavy atom. The molecule has 0 spiro atoms. The average molecular weight is 381 g/mol. The van der Waals surface area contributed by atoms with E-state index in [1.165, 1.54) is 10.7 Å². The lowest BCUT2D eigenvalue weighted by molar-refractivity contribution is 0.102. The Bertz CT molecular complexity index is 1030. The topological polar surface area (TPSA) is 102 Å². The molecule has 0 saturated heterocycles. The van der Waals surface area contributed by atoms with Crippen LogP contribution in [0.5, 0.6) is 5.75 Å². The number of aromatic amines is 1. The lowest BCUT2D eigenvalue weighted by Gasteiger charge is -2.11. The minimum Gasteiger partial charge on any atom is -0.491 e. The molecule has 2 heterocycles. The Labute approximate surface area is 162 Å². The zero-order valence-corrected chi connectivity index (χ0v) is 16.3. The van der Waals surface area contributed by atoms with Gasteiger partial charge in [-0.05, 0) is 51.5 Å². The van der Waals surface area contributed by atoms with Crippen molar-refractivity contribution in [1.29, 1.82) is 0 Å². The molecule has 0 aliphatic carbocycles. The molecule has 0 atom stereocenters. The van der Waals surface area contributed by atoms with Gasteiger partial charge in [0.1, 0.15) is 11.6 Å². The number of carbonyl (C=O) groups is 1. The van der Waals surface area contributed by atoms with E-state index in [-0.39, 0.29) is 23.5 Å². The molecule has 8 nitrogen and oxygen atoms in total. The van der Waals surface area contributed by atoms with Crippen molar-refractivity contribution >= 4 is 11.7 Å². The molecule has 3 rings (SSSR count). The summed E-state index contributed by atoms with van der Waals surface area (Å²) >= 11 is 0. The summed E-state index contributed by atoms with van der Waals surface area (Å²) in [6.07, 6.45) is 0.675. The third-order valence-electron chi connectivity index (χ3n) is 3.91. The Morgan fingerprint density at radius 2 is 1.96 bits per heavy atom. The summed E-state index contributed by atoms with van der Waals surface area (Å²) in [5, 5.41) is 7.16. The number of benzene rings is 1. The van der Waals surface area contributed by atoms with Gasteiger partial charge in [0.2, 0.25) is 5.95 Å². The number of anilines is 1. The van der Waals surface area contributed by atoms with Crippen LogP contribution >= 0.6 is 0 Å². The number of aryl methyl sites for hydroxylation is 2. The largest absolute Gasteiger partial charge is 0.491 e. The van der Waals surface area contributed by atoms with E-state index >= 15 is 0 Å². The monoisotopic (exact) mass is 381 g/mol. The average Bonchev–Trinajstić information content (AvgIpc) is 3.01. The van der Waals surface area contributed by atoms with Crippen molar-refractivity contribution in [2.24, 2.45) is 0 Å². The van der Waals surface area contributed by atoms with E-state index < -0.39 is 0 Å². The first-order valence-electron chi connectivity index (χ1n) is 9.11. The number of nitrogens with zero attached hydrogens (tertiary/aromatic N) is 3. The number of amides is 1. The zero-order valence-electron chi connectivity index (χ0n) is 16.3. The Hall–Kier alpha value is -3.42. The first-order valence-corrected chi connectivity index (χ1v) is 9.11. The van der Waals surface area contributed by atoms with Crippen LogP contribution in [0.25, 0.3) is 5.95 Å². The maximum Gasteiger partial charge on any atom is 0.256 e. The summed E-state index contributed by atoms with van der Waals surface area (Å²) < 4.78 is 7.01. The molecule has 0 saturated carbocycles. The molecule has 1 aromatic carbocycles. The third kappa shape index (κ3) is 4.46. The van der Waals surface area contributed by atoms with Crippen LogP contribution in [0.3, 0.4) is 0 Å². The highest BCUT2D eigenvalue weighted by molar-refractivity contribution is 6.04. The maximum atomic E-state index is 12.6. The van der Waals surface area contributed by atoms with Gasteiger partial charge in [0.05, 0.1) is 11.8 Å². The fraction of sp³-hybridized carbons (Fsp3) is 0.300. The van der Waals surface area contributed by atoms with E-state index in [2.05, 4.69) is 20.4 Å². The van der Waals surface area contributed by atoms with Crippen molar-refractivity contribution < 1.29 is 9.53 Å². The second kappa shape index (κ2) is 8.08. The van der Waals surface area contributed by atoms with Crippen LogP contribution in [-0.2, 0) is 6.42 Å². The van der Waals surface area contributed by atoms with E-state index in [9.17, 15) is 9.59 Å². The Morgan fingerprint density at radius 1 is 1.25 bits per heavy atom. The van der Waals surface area contributed by atoms with Crippen molar-refractivity contribution in [2.75, 3.05) is 5.32 Å². The lowest BCUT2D eigenvalue weighted by Crippen LogP contribution is -2.19. The number of ether oxygens (including phenoxy) is 1. The molecule has 1 amide bonds. The van der Waals surface area contributed by atoms with Crippen LogP contribution in [0, 0.1) is 6.92 Å². The van der Waals surface area contributed by atoms with Gasteiger partial charge in [0.15, 0.2) is 0 Å². The molecule has 2 aromatic heterocycles. The first kappa shape index (κ1) is 19.3. The van der Waals surface area contributed by atoms with Crippen molar-refractivity contribution in [3.63, 3.8) is 0 Å². The van der Waals surface area contributed by atoms with Crippen LogP contribution < -0.4 is 15.6 Å². The predicted octanol–water partition coefficient (Wildman–Crippen LogP) is 2.87. The number of carbonyl (C=O) groups excluding carboxylic acids is 1. The number of hydrogen-bond acceptors (Lipinski definition) is 5.